The molecular weight excluding hydrogens is 357 g/mol. The molecule has 0 saturated carbocycles. The van der Waals surface area contributed by atoms with Crippen molar-refractivity contribution in [2.75, 3.05) is 6.61 Å². The van der Waals surface area contributed by atoms with E-state index in [-0.39, 0.29) is 28.0 Å². The van der Waals surface area contributed by atoms with Crippen LogP contribution in [0.5, 0.6) is 0 Å². The molecule has 0 N–H and O–H groups in total. The van der Waals surface area contributed by atoms with E-state index in [0.717, 1.165) is 16.7 Å². The lowest BCUT2D eigenvalue weighted by Gasteiger charge is -2.14. The maximum atomic E-state index is 13.1. The lowest BCUT2D eigenvalue weighted by atomic mass is 10.2. The number of halogens is 2. The largest absolute Gasteiger partial charge is 0.461 e. The molecule has 0 unspecified atom stereocenters. The topological polar surface area (TPSA) is 65.4 Å². The van der Waals surface area contributed by atoms with Gasteiger partial charge in [0.1, 0.15) is 11.5 Å². The van der Waals surface area contributed by atoms with Gasteiger partial charge in [0, 0.05) is 5.69 Å². The van der Waals surface area contributed by atoms with Crippen LogP contribution < -0.4 is 5.56 Å². The highest BCUT2D eigenvalue weighted by Crippen LogP contribution is 2.21. The molecule has 1 aromatic carbocycles. The highest BCUT2D eigenvalue weighted by Gasteiger charge is 2.21. The molecule has 0 atom stereocenters. The van der Waals surface area contributed by atoms with Gasteiger partial charge in [0.25, 0.3) is 5.56 Å². The Balaban J connectivity index is 2.80. The van der Waals surface area contributed by atoms with Gasteiger partial charge >= 0.3 is 5.97 Å². The van der Waals surface area contributed by atoms with Crippen molar-refractivity contribution < 1.29 is 18.7 Å². The fourth-order valence-electron chi connectivity index (χ4n) is 1.91. The molecule has 7 heteroatoms. The number of ether oxygens (including phenoxy) is 1. The number of aromatic nitrogens is 1. The Labute approximate surface area is 133 Å². The molecule has 0 fully saturated rings. The maximum Gasteiger partial charge on any atom is 0.356 e. The smallest absolute Gasteiger partial charge is 0.356 e. The fraction of sp³-hybridized carbons (Fsp3) is 0.133. The summed E-state index contributed by atoms with van der Waals surface area (Å²) in [5.74, 6) is -1.21. The number of nitrogens with zero attached hydrogens (tertiary/aromatic N) is 1. The Kier molecular flexibility index (Phi) is 4.87. The van der Waals surface area contributed by atoms with Gasteiger partial charge in [0.15, 0.2) is 6.29 Å². The number of pyridine rings is 1. The van der Waals surface area contributed by atoms with Gasteiger partial charge in [-0.2, -0.15) is 0 Å². The SMILES string of the molecule is CCOC(=O)c1c(Br)cc(C=O)c(=O)n1-c1ccc(F)cc1. The van der Waals surface area contributed by atoms with Crippen LogP contribution in [0, 0.1) is 5.82 Å². The molecule has 2 rings (SSSR count). The summed E-state index contributed by atoms with van der Waals surface area (Å²) in [4.78, 5) is 35.5. The Hall–Kier alpha value is -2.28. The second-order valence-corrected chi connectivity index (χ2v) is 5.11. The summed E-state index contributed by atoms with van der Waals surface area (Å²) < 4.78 is 19.2. The van der Waals surface area contributed by atoms with E-state index in [1.165, 1.54) is 18.2 Å². The summed E-state index contributed by atoms with van der Waals surface area (Å²) >= 11 is 3.16. The molecule has 0 bridgehead atoms. The minimum atomic E-state index is -0.728. The van der Waals surface area contributed by atoms with E-state index in [1.807, 2.05) is 0 Å². The number of hydrogen-bond acceptors (Lipinski definition) is 4. The van der Waals surface area contributed by atoms with E-state index in [0.29, 0.717) is 6.29 Å². The van der Waals surface area contributed by atoms with Crippen LogP contribution in [0.25, 0.3) is 5.69 Å². The van der Waals surface area contributed by atoms with Gasteiger partial charge in [-0.3, -0.25) is 14.2 Å². The van der Waals surface area contributed by atoms with Crippen molar-refractivity contribution in [2.45, 2.75) is 6.92 Å². The van der Waals surface area contributed by atoms with Crippen molar-refractivity contribution in [2.24, 2.45) is 0 Å². The van der Waals surface area contributed by atoms with Gasteiger partial charge in [0.05, 0.1) is 16.6 Å². The standard InChI is InChI=1S/C15H11BrFNO4/c1-2-22-15(21)13-12(16)7-9(8-19)14(20)18(13)11-5-3-10(17)4-6-11/h3-8H,2H2,1H3. The third kappa shape index (κ3) is 2.99. The Morgan fingerprint density at radius 1 is 1.36 bits per heavy atom. The third-order valence-electron chi connectivity index (χ3n) is 2.86. The number of carbonyl (C=O) groups excluding carboxylic acids is 2. The minimum Gasteiger partial charge on any atom is -0.461 e. The number of esters is 1. The van der Waals surface area contributed by atoms with Gasteiger partial charge in [-0.25, -0.2) is 9.18 Å². The zero-order valence-electron chi connectivity index (χ0n) is 11.5. The van der Waals surface area contributed by atoms with Crippen molar-refractivity contribution in [3.05, 3.63) is 62.2 Å². The molecule has 1 heterocycles. The number of hydrogen-bond donors (Lipinski definition) is 0. The predicted molar refractivity (Wildman–Crippen MR) is 81.0 cm³/mol. The van der Waals surface area contributed by atoms with Crippen LogP contribution in [0.3, 0.4) is 0 Å². The monoisotopic (exact) mass is 367 g/mol. The second-order valence-electron chi connectivity index (χ2n) is 4.25. The van der Waals surface area contributed by atoms with Gasteiger partial charge in [0.2, 0.25) is 0 Å². The molecule has 22 heavy (non-hydrogen) atoms. The molecule has 0 aliphatic heterocycles. The normalized spacial score (nSPS) is 10.3. The van der Waals surface area contributed by atoms with Crippen LogP contribution in [0.4, 0.5) is 4.39 Å². The molecule has 0 radical (unpaired) electrons. The summed E-state index contributed by atoms with van der Waals surface area (Å²) in [7, 11) is 0. The van der Waals surface area contributed by atoms with Crippen molar-refractivity contribution >= 4 is 28.2 Å². The molecule has 0 amide bonds. The molecule has 0 spiro atoms. The van der Waals surface area contributed by atoms with Crippen LogP contribution in [0.1, 0.15) is 27.8 Å². The lowest BCUT2D eigenvalue weighted by molar-refractivity contribution is 0.0514. The Morgan fingerprint density at radius 3 is 2.55 bits per heavy atom. The molecule has 2 aromatic rings. The van der Waals surface area contributed by atoms with E-state index in [9.17, 15) is 18.8 Å². The number of aldehydes is 1. The zero-order chi connectivity index (χ0) is 16.3. The number of carbonyl (C=O) groups is 2. The summed E-state index contributed by atoms with van der Waals surface area (Å²) in [6.45, 7) is 1.75. The van der Waals surface area contributed by atoms with Crippen LogP contribution in [0.15, 0.2) is 39.6 Å². The van der Waals surface area contributed by atoms with Crippen molar-refractivity contribution in [1.82, 2.24) is 4.57 Å². The van der Waals surface area contributed by atoms with E-state index >= 15 is 0 Å². The van der Waals surface area contributed by atoms with E-state index in [2.05, 4.69) is 15.9 Å². The van der Waals surface area contributed by atoms with Crippen molar-refractivity contribution in [1.29, 1.82) is 0 Å². The second kappa shape index (κ2) is 6.65. The highest BCUT2D eigenvalue weighted by atomic mass is 79.9. The van der Waals surface area contributed by atoms with Crippen LogP contribution in [0.2, 0.25) is 0 Å². The van der Waals surface area contributed by atoms with Crippen molar-refractivity contribution in [3.63, 3.8) is 0 Å². The summed E-state index contributed by atoms with van der Waals surface area (Å²) in [6, 6.07) is 6.22. The Bertz CT molecular complexity index is 783. The summed E-state index contributed by atoms with van der Waals surface area (Å²) in [6.07, 6.45) is 0.391. The van der Waals surface area contributed by atoms with Gasteiger partial charge in [-0.15, -0.1) is 0 Å². The third-order valence-corrected chi connectivity index (χ3v) is 3.47. The van der Waals surface area contributed by atoms with Crippen LogP contribution in [-0.4, -0.2) is 23.4 Å². The molecular formula is C15H11BrFNO4. The lowest BCUT2D eigenvalue weighted by Crippen LogP contribution is -2.28. The first-order valence-corrected chi connectivity index (χ1v) is 7.12. The predicted octanol–water partition coefficient (Wildman–Crippen LogP) is 2.73. The molecule has 0 aliphatic rings. The first-order chi connectivity index (χ1) is 10.5. The van der Waals surface area contributed by atoms with Crippen LogP contribution >= 0.6 is 15.9 Å². The highest BCUT2D eigenvalue weighted by molar-refractivity contribution is 9.10. The maximum absolute atomic E-state index is 13.1. The fourth-order valence-corrected chi connectivity index (χ4v) is 2.50. The van der Waals surface area contributed by atoms with Crippen LogP contribution in [-0.2, 0) is 4.74 Å². The van der Waals surface area contributed by atoms with Gasteiger partial charge in [-0.05, 0) is 53.2 Å². The first-order valence-electron chi connectivity index (χ1n) is 6.33. The molecule has 114 valence electrons. The summed E-state index contributed by atoms with van der Waals surface area (Å²) in [5.41, 5.74) is -0.639. The Morgan fingerprint density at radius 2 is 2.00 bits per heavy atom. The first kappa shape index (κ1) is 16.1. The minimum absolute atomic E-state index is 0.0657. The number of benzene rings is 1. The average Bonchev–Trinajstić information content (AvgIpc) is 2.50. The summed E-state index contributed by atoms with van der Waals surface area (Å²) in [5, 5.41) is 0. The molecule has 1 aromatic heterocycles. The van der Waals surface area contributed by atoms with Gasteiger partial charge in [-0.1, -0.05) is 0 Å². The zero-order valence-corrected chi connectivity index (χ0v) is 13.1. The molecule has 0 saturated heterocycles. The van der Waals surface area contributed by atoms with E-state index in [4.69, 9.17) is 4.74 Å². The van der Waals surface area contributed by atoms with Gasteiger partial charge < -0.3 is 4.74 Å². The molecule has 5 nitrogen and oxygen atoms in total. The van der Waals surface area contributed by atoms with E-state index in [1.54, 1.807) is 6.92 Å². The average molecular weight is 368 g/mol. The van der Waals surface area contributed by atoms with Crippen molar-refractivity contribution in [3.8, 4) is 5.69 Å². The quantitative estimate of drug-likeness (QED) is 0.615. The molecule has 0 aliphatic carbocycles. The number of rotatable bonds is 4. The van der Waals surface area contributed by atoms with E-state index < -0.39 is 17.3 Å².